The van der Waals surface area contributed by atoms with E-state index in [0.29, 0.717) is 16.5 Å². The second-order valence-corrected chi connectivity index (χ2v) is 4.95. The van der Waals surface area contributed by atoms with Crippen molar-refractivity contribution < 1.29 is 14.0 Å². The second-order valence-electron chi connectivity index (χ2n) is 4.95. The molecule has 0 amide bonds. The zero-order valence-electron chi connectivity index (χ0n) is 12.9. The number of rotatable bonds is 2. The molecule has 1 heterocycles. The summed E-state index contributed by atoms with van der Waals surface area (Å²) in [6.45, 7) is 2.50. The molecular formula is C19H16O4. The first-order valence-corrected chi connectivity index (χ1v) is 7.08. The van der Waals surface area contributed by atoms with Gasteiger partial charge in [0.05, 0.1) is 10.9 Å². The number of carbonyl (C=O) groups excluding carboxylic acids is 2. The molecule has 3 aromatic rings. The predicted octanol–water partition coefficient (Wildman–Crippen LogP) is 3.62. The van der Waals surface area contributed by atoms with Crippen LogP contribution in [0.5, 0.6) is 0 Å². The molecular weight excluding hydrogens is 292 g/mol. The maximum atomic E-state index is 12.3. The van der Waals surface area contributed by atoms with E-state index in [1.807, 2.05) is 42.5 Å². The van der Waals surface area contributed by atoms with Gasteiger partial charge in [0.1, 0.15) is 11.8 Å². The van der Waals surface area contributed by atoms with E-state index in [0.717, 1.165) is 5.56 Å². The Labute approximate surface area is 133 Å². The topological polar surface area (TPSA) is 64.3 Å². The van der Waals surface area contributed by atoms with Gasteiger partial charge in [0.2, 0.25) is 0 Å². The van der Waals surface area contributed by atoms with Crippen LogP contribution >= 0.6 is 0 Å². The van der Waals surface area contributed by atoms with Gasteiger partial charge in [-0.25, -0.2) is 0 Å². The third kappa shape index (κ3) is 4.01. The van der Waals surface area contributed by atoms with Gasteiger partial charge in [0.15, 0.2) is 17.0 Å². The van der Waals surface area contributed by atoms with Crippen LogP contribution in [0.25, 0.3) is 22.1 Å². The largest absolute Gasteiger partial charge is 0.463 e. The van der Waals surface area contributed by atoms with Crippen molar-refractivity contribution in [3.63, 3.8) is 0 Å². The van der Waals surface area contributed by atoms with Crippen molar-refractivity contribution in [3.05, 3.63) is 71.1 Å². The minimum Gasteiger partial charge on any atom is -0.463 e. The first-order valence-electron chi connectivity index (χ1n) is 7.08. The molecule has 0 atom stereocenters. The molecule has 3 rings (SSSR count). The molecule has 0 aliphatic rings. The predicted molar refractivity (Wildman–Crippen MR) is 89.3 cm³/mol. The maximum Gasteiger partial charge on any atom is 0.200 e. The molecule has 0 bridgehead atoms. The van der Waals surface area contributed by atoms with Crippen LogP contribution in [0.2, 0.25) is 0 Å². The van der Waals surface area contributed by atoms with Crippen LogP contribution < -0.4 is 5.43 Å². The third-order valence-electron chi connectivity index (χ3n) is 3.26. The molecule has 0 fully saturated rings. The van der Waals surface area contributed by atoms with Crippen LogP contribution in [-0.2, 0) is 9.59 Å². The fourth-order valence-corrected chi connectivity index (χ4v) is 1.89. The lowest BCUT2D eigenvalue weighted by molar-refractivity contribution is -0.134. The van der Waals surface area contributed by atoms with Crippen molar-refractivity contribution in [2.24, 2.45) is 0 Å². The first-order chi connectivity index (χ1) is 11.0. The van der Waals surface area contributed by atoms with Gasteiger partial charge in [-0.1, -0.05) is 42.5 Å². The van der Waals surface area contributed by atoms with E-state index in [4.69, 9.17) is 4.42 Å². The minimum absolute atomic E-state index is 0.0121. The summed E-state index contributed by atoms with van der Waals surface area (Å²) >= 11 is 0. The van der Waals surface area contributed by atoms with Gasteiger partial charge < -0.3 is 4.42 Å². The van der Waals surface area contributed by atoms with Gasteiger partial charge in [-0.05, 0) is 17.7 Å². The number of hydrogen-bond donors (Lipinski definition) is 0. The molecule has 0 unspecified atom stereocenters. The summed E-state index contributed by atoms with van der Waals surface area (Å²) in [5.41, 5.74) is 2.12. The molecule has 0 aliphatic carbocycles. The number of benzene rings is 2. The monoisotopic (exact) mass is 308 g/mol. The normalized spacial score (nSPS) is 9.83. The molecule has 0 saturated heterocycles. The third-order valence-corrected chi connectivity index (χ3v) is 3.26. The van der Waals surface area contributed by atoms with Gasteiger partial charge >= 0.3 is 0 Å². The average molecular weight is 308 g/mol. The van der Waals surface area contributed by atoms with Gasteiger partial charge in [-0.3, -0.25) is 14.4 Å². The van der Waals surface area contributed by atoms with Crippen LogP contribution in [-0.4, -0.2) is 11.6 Å². The Balaban J connectivity index is 0.000000277. The molecule has 0 radical (unpaired) electrons. The fraction of sp³-hybridized carbons (Fsp3) is 0.105. The number of fused-ring (bicyclic) bond motifs is 1. The van der Waals surface area contributed by atoms with E-state index >= 15 is 0 Å². The van der Waals surface area contributed by atoms with Crippen molar-refractivity contribution in [1.29, 1.82) is 0 Å². The molecule has 0 saturated carbocycles. The Hall–Kier alpha value is -3.01. The fourth-order valence-electron chi connectivity index (χ4n) is 1.89. The molecule has 116 valence electrons. The van der Waals surface area contributed by atoms with Gasteiger partial charge in [-0.2, -0.15) is 0 Å². The standard InChI is InChI=1S/C15H10O2.C4H6O2/c16-15-12-8-4-5-9-14(12)17-10-13(15)11-6-2-1-3-7-11;1-3(5)4(2)6/h1-10H;1-2H3. The number of carbonyl (C=O) groups is 2. The van der Waals surface area contributed by atoms with Gasteiger partial charge in [0, 0.05) is 13.8 Å². The summed E-state index contributed by atoms with van der Waals surface area (Å²) in [5.74, 6) is -0.759. The minimum atomic E-state index is -0.380. The summed E-state index contributed by atoms with van der Waals surface area (Å²) in [7, 11) is 0. The van der Waals surface area contributed by atoms with Crippen LogP contribution in [0.3, 0.4) is 0 Å². The van der Waals surface area contributed by atoms with E-state index < -0.39 is 0 Å². The van der Waals surface area contributed by atoms with E-state index in [1.54, 1.807) is 12.1 Å². The van der Waals surface area contributed by atoms with Crippen LogP contribution in [0, 0.1) is 0 Å². The Kier molecular flexibility index (Phi) is 5.20. The number of Topliss-reactive ketones (excluding diaryl/α,β-unsaturated/α-hetero) is 2. The summed E-state index contributed by atoms with van der Waals surface area (Å²) < 4.78 is 5.48. The van der Waals surface area contributed by atoms with E-state index in [9.17, 15) is 14.4 Å². The van der Waals surface area contributed by atoms with Crippen LogP contribution in [0.1, 0.15) is 13.8 Å². The highest BCUT2D eigenvalue weighted by atomic mass is 16.3. The summed E-state index contributed by atoms with van der Waals surface area (Å²) in [6, 6.07) is 16.8. The van der Waals surface area contributed by atoms with E-state index in [2.05, 4.69) is 0 Å². The quantitative estimate of drug-likeness (QED) is 0.678. The van der Waals surface area contributed by atoms with E-state index in [1.165, 1.54) is 20.1 Å². The smallest absolute Gasteiger partial charge is 0.200 e. The second kappa shape index (κ2) is 7.31. The lowest BCUT2D eigenvalue weighted by atomic mass is 10.1. The van der Waals surface area contributed by atoms with Crippen molar-refractivity contribution >= 4 is 22.5 Å². The number of ketones is 2. The molecule has 0 spiro atoms. The molecule has 23 heavy (non-hydrogen) atoms. The van der Waals surface area contributed by atoms with Crippen LogP contribution in [0.4, 0.5) is 0 Å². The summed E-state index contributed by atoms with van der Waals surface area (Å²) in [6.07, 6.45) is 1.53. The SMILES string of the molecule is CC(=O)C(C)=O.O=c1c(-c2ccccc2)coc2ccccc12. The molecule has 0 N–H and O–H groups in total. The number of para-hydroxylation sites is 1. The van der Waals surface area contributed by atoms with Crippen molar-refractivity contribution in [2.45, 2.75) is 13.8 Å². The van der Waals surface area contributed by atoms with Gasteiger partial charge in [-0.15, -0.1) is 0 Å². The molecule has 1 aromatic heterocycles. The Morgan fingerprint density at radius 2 is 1.39 bits per heavy atom. The number of hydrogen-bond acceptors (Lipinski definition) is 4. The summed E-state index contributed by atoms with van der Waals surface area (Å²) in [4.78, 5) is 31.9. The zero-order valence-corrected chi connectivity index (χ0v) is 12.9. The van der Waals surface area contributed by atoms with Crippen LogP contribution in [0.15, 0.2) is 70.1 Å². The van der Waals surface area contributed by atoms with Crippen molar-refractivity contribution in [2.75, 3.05) is 0 Å². The Morgan fingerprint density at radius 1 is 0.826 bits per heavy atom. The summed E-state index contributed by atoms with van der Waals surface area (Å²) in [5, 5.41) is 0.619. The van der Waals surface area contributed by atoms with E-state index in [-0.39, 0.29) is 17.0 Å². The maximum absolute atomic E-state index is 12.3. The molecule has 0 aliphatic heterocycles. The van der Waals surface area contributed by atoms with Crippen molar-refractivity contribution in [1.82, 2.24) is 0 Å². The lowest BCUT2D eigenvalue weighted by Gasteiger charge is -2.01. The highest BCUT2D eigenvalue weighted by molar-refractivity contribution is 6.35. The van der Waals surface area contributed by atoms with Gasteiger partial charge in [0.25, 0.3) is 0 Å². The highest BCUT2D eigenvalue weighted by Gasteiger charge is 2.07. The Morgan fingerprint density at radius 3 is 2.00 bits per heavy atom. The zero-order chi connectivity index (χ0) is 16.8. The molecule has 4 nitrogen and oxygen atoms in total. The lowest BCUT2D eigenvalue weighted by Crippen LogP contribution is -2.04. The molecule has 2 aromatic carbocycles. The van der Waals surface area contributed by atoms with Crippen molar-refractivity contribution in [3.8, 4) is 11.1 Å². The molecule has 4 heteroatoms. The Bertz CT molecular complexity index is 880. The average Bonchev–Trinajstić information content (AvgIpc) is 2.57. The highest BCUT2D eigenvalue weighted by Crippen LogP contribution is 2.18. The first kappa shape index (κ1) is 16.4.